The molecule has 3 aromatic rings. The average molecular weight is 398 g/mol. The molecule has 0 bridgehead atoms. The molecule has 148 valence electrons. The quantitative estimate of drug-likeness (QED) is 0.449. The van der Waals surface area contributed by atoms with Crippen molar-refractivity contribution < 1.29 is 14.0 Å². The minimum Gasteiger partial charge on any atom is -0.543 e. The van der Waals surface area contributed by atoms with Crippen LogP contribution in [-0.2, 0) is 4.74 Å². The molecular formula is C21H27N3O3Si. The maximum absolute atomic E-state index is 12.3. The number of carbonyl (C=O) groups excluding carboxylic acids is 1. The van der Waals surface area contributed by atoms with Crippen molar-refractivity contribution in [3.63, 3.8) is 0 Å². The van der Waals surface area contributed by atoms with Crippen LogP contribution in [-0.4, -0.2) is 35.7 Å². The van der Waals surface area contributed by atoms with Gasteiger partial charge in [-0.05, 0) is 55.4 Å². The minimum absolute atomic E-state index is 0.120. The Kier molecular flexibility index (Phi) is 5.30. The molecule has 28 heavy (non-hydrogen) atoms. The van der Waals surface area contributed by atoms with Crippen LogP contribution < -0.4 is 4.43 Å². The van der Waals surface area contributed by atoms with Gasteiger partial charge in [0.1, 0.15) is 11.3 Å². The zero-order valence-electron chi connectivity index (χ0n) is 17.3. The largest absolute Gasteiger partial charge is 0.543 e. The van der Waals surface area contributed by atoms with Crippen LogP contribution in [0.5, 0.6) is 5.75 Å². The van der Waals surface area contributed by atoms with E-state index in [-0.39, 0.29) is 5.04 Å². The summed E-state index contributed by atoms with van der Waals surface area (Å²) in [6.45, 7) is 13.2. The van der Waals surface area contributed by atoms with Gasteiger partial charge in [0, 0.05) is 11.6 Å². The van der Waals surface area contributed by atoms with Gasteiger partial charge in [0.2, 0.25) is 8.32 Å². The van der Waals surface area contributed by atoms with Crippen molar-refractivity contribution in [3.8, 4) is 11.6 Å². The highest BCUT2D eigenvalue weighted by molar-refractivity contribution is 6.74. The summed E-state index contributed by atoms with van der Waals surface area (Å²) in [5.41, 5.74) is 1.24. The lowest BCUT2D eigenvalue weighted by molar-refractivity contribution is 0.0526. The second kappa shape index (κ2) is 7.39. The fourth-order valence-corrected chi connectivity index (χ4v) is 3.65. The molecule has 0 unspecified atom stereocenters. The van der Waals surface area contributed by atoms with Gasteiger partial charge in [0.15, 0.2) is 5.82 Å². The molecule has 3 rings (SSSR count). The summed E-state index contributed by atoms with van der Waals surface area (Å²) < 4.78 is 13.2. The van der Waals surface area contributed by atoms with E-state index >= 15 is 0 Å². The molecule has 6 nitrogen and oxygen atoms in total. The Labute approximate surface area is 166 Å². The Hall–Kier alpha value is -2.67. The number of esters is 1. The minimum atomic E-state index is -1.92. The third kappa shape index (κ3) is 3.80. The van der Waals surface area contributed by atoms with Crippen LogP contribution in [0.25, 0.3) is 16.7 Å². The number of benzene rings is 1. The van der Waals surface area contributed by atoms with Crippen molar-refractivity contribution in [2.24, 2.45) is 0 Å². The molecule has 0 fully saturated rings. The number of carbonyl (C=O) groups is 1. The molecule has 0 atom stereocenters. The van der Waals surface area contributed by atoms with E-state index in [0.717, 1.165) is 16.7 Å². The summed E-state index contributed by atoms with van der Waals surface area (Å²) in [5.74, 6) is 0.881. The second-order valence-corrected chi connectivity index (χ2v) is 13.0. The first-order chi connectivity index (χ1) is 13.1. The monoisotopic (exact) mass is 397 g/mol. The number of aromatic nitrogens is 3. The molecule has 0 saturated heterocycles. The first-order valence-electron chi connectivity index (χ1n) is 9.43. The van der Waals surface area contributed by atoms with Crippen LogP contribution >= 0.6 is 0 Å². The predicted octanol–water partition coefficient (Wildman–Crippen LogP) is 4.98. The molecule has 1 aromatic carbocycles. The molecule has 0 saturated carbocycles. The van der Waals surface area contributed by atoms with E-state index in [1.54, 1.807) is 36.1 Å². The normalized spacial score (nSPS) is 12.2. The van der Waals surface area contributed by atoms with Gasteiger partial charge in [0.05, 0.1) is 18.3 Å². The molecule has 2 aromatic heterocycles. The smallest absolute Gasteiger partial charge is 0.341 e. The van der Waals surface area contributed by atoms with Crippen molar-refractivity contribution in [2.75, 3.05) is 6.61 Å². The highest BCUT2D eigenvalue weighted by Crippen LogP contribution is 2.38. The lowest BCUT2D eigenvalue weighted by atomic mass is 10.2. The number of hydrogen-bond acceptors (Lipinski definition) is 5. The van der Waals surface area contributed by atoms with Crippen molar-refractivity contribution in [3.05, 3.63) is 48.3 Å². The topological polar surface area (TPSA) is 66.2 Å². The first kappa shape index (κ1) is 20.1. The Balaban J connectivity index is 2.00. The van der Waals surface area contributed by atoms with Gasteiger partial charge in [-0.1, -0.05) is 20.8 Å². The lowest BCUT2D eigenvalue weighted by Crippen LogP contribution is -2.43. The Morgan fingerprint density at radius 2 is 1.96 bits per heavy atom. The number of ether oxygens (including phenoxy) is 1. The van der Waals surface area contributed by atoms with E-state index in [0.29, 0.717) is 18.0 Å². The van der Waals surface area contributed by atoms with E-state index in [1.807, 2.05) is 18.2 Å². The van der Waals surface area contributed by atoms with Crippen molar-refractivity contribution in [1.29, 1.82) is 0 Å². The van der Waals surface area contributed by atoms with Crippen LogP contribution in [0.3, 0.4) is 0 Å². The fraction of sp³-hybridized carbons (Fsp3) is 0.381. The third-order valence-electron chi connectivity index (χ3n) is 5.20. The van der Waals surface area contributed by atoms with Gasteiger partial charge in [0.25, 0.3) is 0 Å². The van der Waals surface area contributed by atoms with Gasteiger partial charge in [-0.2, -0.15) is 5.10 Å². The molecule has 0 aliphatic rings. The SMILES string of the molecule is CCOC(=O)c1cccnc1-n1ncc2cc(O[Si](C)(C)C(C)(C)C)ccc21. The van der Waals surface area contributed by atoms with Crippen LogP contribution in [0.1, 0.15) is 38.1 Å². The predicted molar refractivity (Wildman–Crippen MR) is 113 cm³/mol. The van der Waals surface area contributed by atoms with Gasteiger partial charge < -0.3 is 9.16 Å². The number of rotatable bonds is 5. The van der Waals surface area contributed by atoms with Gasteiger partial charge in [-0.3, -0.25) is 0 Å². The molecular weight excluding hydrogens is 370 g/mol. The van der Waals surface area contributed by atoms with Crippen LogP contribution in [0.2, 0.25) is 18.1 Å². The molecule has 0 N–H and O–H groups in total. The zero-order chi connectivity index (χ0) is 20.5. The van der Waals surface area contributed by atoms with E-state index in [2.05, 4.69) is 43.9 Å². The van der Waals surface area contributed by atoms with E-state index in [1.165, 1.54) is 0 Å². The Morgan fingerprint density at radius 1 is 1.21 bits per heavy atom. The summed E-state index contributed by atoms with van der Waals surface area (Å²) in [6.07, 6.45) is 3.40. The molecule has 0 spiro atoms. The molecule has 0 amide bonds. The molecule has 0 radical (unpaired) electrons. The summed E-state index contributed by atoms with van der Waals surface area (Å²) in [5, 5.41) is 5.50. The zero-order valence-corrected chi connectivity index (χ0v) is 18.3. The lowest BCUT2D eigenvalue weighted by Gasteiger charge is -2.36. The second-order valence-electron chi connectivity index (χ2n) is 8.23. The highest BCUT2D eigenvalue weighted by atomic mass is 28.4. The molecule has 0 aliphatic carbocycles. The maximum Gasteiger partial charge on any atom is 0.341 e. The first-order valence-corrected chi connectivity index (χ1v) is 12.3. The number of nitrogens with zero attached hydrogens (tertiary/aromatic N) is 3. The summed E-state index contributed by atoms with van der Waals surface area (Å²) in [6, 6.07) is 9.31. The van der Waals surface area contributed by atoms with E-state index in [4.69, 9.17) is 9.16 Å². The highest BCUT2D eigenvalue weighted by Gasteiger charge is 2.39. The van der Waals surface area contributed by atoms with Crippen LogP contribution in [0.4, 0.5) is 0 Å². The summed E-state index contributed by atoms with van der Waals surface area (Å²) >= 11 is 0. The molecule has 0 aliphatic heterocycles. The summed E-state index contributed by atoms with van der Waals surface area (Å²) in [7, 11) is -1.92. The standard InChI is InChI=1S/C21H27N3O3Si/c1-7-26-20(25)17-9-8-12-22-19(17)24-18-11-10-16(13-15(18)14-23-24)27-28(5,6)21(2,3)4/h8-14H,7H2,1-6H3. The third-order valence-corrected chi connectivity index (χ3v) is 9.56. The number of hydrogen-bond donors (Lipinski definition) is 0. The van der Waals surface area contributed by atoms with Crippen LogP contribution in [0.15, 0.2) is 42.7 Å². The average Bonchev–Trinajstić information content (AvgIpc) is 3.03. The van der Waals surface area contributed by atoms with Gasteiger partial charge in [-0.15, -0.1) is 0 Å². The van der Waals surface area contributed by atoms with Gasteiger partial charge in [-0.25, -0.2) is 14.5 Å². The van der Waals surface area contributed by atoms with E-state index < -0.39 is 14.3 Å². The van der Waals surface area contributed by atoms with Crippen LogP contribution in [0, 0.1) is 0 Å². The van der Waals surface area contributed by atoms with Crippen molar-refractivity contribution in [1.82, 2.24) is 14.8 Å². The number of fused-ring (bicyclic) bond motifs is 1. The summed E-state index contributed by atoms with van der Waals surface area (Å²) in [4.78, 5) is 16.6. The number of pyridine rings is 1. The van der Waals surface area contributed by atoms with Crippen molar-refractivity contribution in [2.45, 2.75) is 45.8 Å². The fourth-order valence-electron chi connectivity index (χ4n) is 2.62. The Bertz CT molecular complexity index is 1010. The Morgan fingerprint density at radius 3 is 2.64 bits per heavy atom. The molecule has 2 heterocycles. The maximum atomic E-state index is 12.3. The van der Waals surface area contributed by atoms with Crippen molar-refractivity contribution >= 4 is 25.2 Å². The van der Waals surface area contributed by atoms with E-state index in [9.17, 15) is 4.79 Å². The van der Waals surface area contributed by atoms with Gasteiger partial charge >= 0.3 is 5.97 Å². The molecule has 7 heteroatoms.